The van der Waals surface area contributed by atoms with E-state index >= 15 is 0 Å². The number of nitrogens with zero attached hydrogens (tertiary/aromatic N) is 2. The fourth-order valence-corrected chi connectivity index (χ4v) is 4.62. The van der Waals surface area contributed by atoms with E-state index in [2.05, 4.69) is 43.7 Å². The number of hydrogen-bond acceptors (Lipinski definition) is 4. The van der Waals surface area contributed by atoms with E-state index in [1.54, 1.807) is 11.3 Å². The lowest BCUT2D eigenvalue weighted by Gasteiger charge is -2.12. The number of hydrogen-bond donors (Lipinski definition) is 1. The van der Waals surface area contributed by atoms with Crippen molar-refractivity contribution < 1.29 is 5.11 Å². The van der Waals surface area contributed by atoms with Crippen molar-refractivity contribution in [3.05, 3.63) is 26.0 Å². The molecule has 6 heteroatoms. The Labute approximate surface area is 138 Å². The van der Waals surface area contributed by atoms with Gasteiger partial charge in [0.05, 0.1) is 10.2 Å². The van der Waals surface area contributed by atoms with E-state index in [0.717, 1.165) is 38.8 Å². The number of anilines is 1. The number of thiazole rings is 1. The highest BCUT2D eigenvalue weighted by molar-refractivity contribution is 9.11. The van der Waals surface area contributed by atoms with Crippen LogP contribution < -0.4 is 4.90 Å². The molecule has 0 radical (unpaired) electrons. The zero-order valence-electron chi connectivity index (χ0n) is 11.0. The van der Waals surface area contributed by atoms with Crippen molar-refractivity contribution in [2.24, 2.45) is 0 Å². The molecule has 1 aromatic heterocycles. The second-order valence-corrected chi connectivity index (χ2v) is 7.83. The fraction of sp³-hybridized carbons (Fsp3) is 0.357. The SMILES string of the molecule is Cc1sc(N2CCCC2)nc1-c1cc(Br)cc(Br)c1O. The summed E-state index contributed by atoms with van der Waals surface area (Å²) in [5.41, 5.74) is 1.64. The monoisotopic (exact) mass is 416 g/mol. The van der Waals surface area contributed by atoms with Crippen LogP contribution in [-0.2, 0) is 0 Å². The Morgan fingerprint density at radius 2 is 1.95 bits per heavy atom. The van der Waals surface area contributed by atoms with Crippen LogP contribution in [0.5, 0.6) is 5.75 Å². The topological polar surface area (TPSA) is 36.4 Å². The maximum atomic E-state index is 10.3. The molecule has 0 unspecified atom stereocenters. The first-order valence-corrected chi connectivity index (χ1v) is 8.87. The number of rotatable bonds is 2. The Morgan fingerprint density at radius 3 is 2.65 bits per heavy atom. The molecule has 2 aromatic rings. The molecule has 0 atom stereocenters. The van der Waals surface area contributed by atoms with Gasteiger partial charge in [-0.2, -0.15) is 0 Å². The predicted molar refractivity (Wildman–Crippen MR) is 90.8 cm³/mol. The van der Waals surface area contributed by atoms with Gasteiger partial charge in [0.15, 0.2) is 5.13 Å². The van der Waals surface area contributed by atoms with Crippen LogP contribution in [0.15, 0.2) is 21.1 Å². The lowest BCUT2D eigenvalue weighted by atomic mass is 10.1. The van der Waals surface area contributed by atoms with Gasteiger partial charge in [-0.1, -0.05) is 15.9 Å². The van der Waals surface area contributed by atoms with Gasteiger partial charge in [0.25, 0.3) is 0 Å². The lowest BCUT2D eigenvalue weighted by Crippen LogP contribution is -2.17. The molecule has 1 N–H and O–H groups in total. The average molecular weight is 418 g/mol. The zero-order valence-corrected chi connectivity index (χ0v) is 15.0. The van der Waals surface area contributed by atoms with Gasteiger partial charge in [0.2, 0.25) is 0 Å². The van der Waals surface area contributed by atoms with Gasteiger partial charge in [-0.25, -0.2) is 4.98 Å². The Morgan fingerprint density at radius 1 is 1.25 bits per heavy atom. The summed E-state index contributed by atoms with van der Waals surface area (Å²) in [6, 6.07) is 3.75. The van der Waals surface area contributed by atoms with Gasteiger partial charge >= 0.3 is 0 Å². The Bertz CT molecular complexity index is 651. The van der Waals surface area contributed by atoms with Crippen molar-refractivity contribution in [3.63, 3.8) is 0 Å². The zero-order chi connectivity index (χ0) is 14.3. The van der Waals surface area contributed by atoms with E-state index < -0.39 is 0 Å². The number of phenols is 1. The van der Waals surface area contributed by atoms with Crippen molar-refractivity contribution in [1.29, 1.82) is 0 Å². The smallest absolute Gasteiger partial charge is 0.186 e. The molecule has 3 nitrogen and oxygen atoms in total. The van der Waals surface area contributed by atoms with Crippen LogP contribution in [0.25, 0.3) is 11.3 Å². The number of phenolic OH excluding ortho intramolecular Hbond substituents is 1. The maximum Gasteiger partial charge on any atom is 0.186 e. The third kappa shape index (κ3) is 2.61. The highest BCUT2D eigenvalue weighted by Crippen LogP contribution is 2.42. The Kier molecular flexibility index (Phi) is 4.06. The van der Waals surface area contributed by atoms with E-state index in [-0.39, 0.29) is 5.75 Å². The Balaban J connectivity index is 2.06. The summed E-state index contributed by atoms with van der Waals surface area (Å²) in [6.45, 7) is 4.22. The molecule has 0 amide bonds. The van der Waals surface area contributed by atoms with Crippen LogP contribution in [0, 0.1) is 6.92 Å². The predicted octanol–water partition coefficient (Wildman–Crippen LogP) is 4.95. The van der Waals surface area contributed by atoms with Gasteiger partial charge in [0.1, 0.15) is 5.75 Å². The van der Waals surface area contributed by atoms with E-state index in [9.17, 15) is 5.11 Å². The first kappa shape index (κ1) is 14.4. The number of aromatic hydroxyl groups is 1. The van der Waals surface area contributed by atoms with Crippen molar-refractivity contribution >= 4 is 48.3 Å². The molecule has 1 aliphatic rings. The normalized spacial score (nSPS) is 15.1. The summed E-state index contributed by atoms with van der Waals surface area (Å²) in [7, 11) is 0. The molecule has 0 bridgehead atoms. The second kappa shape index (κ2) is 5.66. The van der Waals surface area contributed by atoms with Gasteiger partial charge in [-0.15, -0.1) is 11.3 Å². The number of benzene rings is 1. The molecule has 1 saturated heterocycles. The molecule has 20 heavy (non-hydrogen) atoms. The van der Waals surface area contributed by atoms with E-state index in [0.29, 0.717) is 4.47 Å². The van der Waals surface area contributed by atoms with Gasteiger partial charge in [-0.05, 0) is 47.8 Å². The average Bonchev–Trinajstić information content (AvgIpc) is 3.02. The largest absolute Gasteiger partial charge is 0.506 e. The maximum absolute atomic E-state index is 10.3. The highest BCUT2D eigenvalue weighted by atomic mass is 79.9. The summed E-state index contributed by atoms with van der Waals surface area (Å²) in [4.78, 5) is 8.20. The quantitative estimate of drug-likeness (QED) is 0.750. The van der Waals surface area contributed by atoms with Crippen molar-refractivity contribution in [2.75, 3.05) is 18.0 Å². The van der Waals surface area contributed by atoms with Crippen LogP contribution in [0.3, 0.4) is 0 Å². The summed E-state index contributed by atoms with van der Waals surface area (Å²) in [6.07, 6.45) is 2.48. The van der Waals surface area contributed by atoms with Crippen molar-refractivity contribution in [1.82, 2.24) is 4.98 Å². The van der Waals surface area contributed by atoms with Crippen LogP contribution in [0.4, 0.5) is 5.13 Å². The molecular formula is C14H14Br2N2OS. The molecule has 0 spiro atoms. The minimum Gasteiger partial charge on any atom is -0.506 e. The molecular weight excluding hydrogens is 404 g/mol. The summed E-state index contributed by atoms with van der Waals surface area (Å²) in [5, 5.41) is 11.3. The second-order valence-electron chi connectivity index (χ2n) is 4.88. The number of aromatic nitrogens is 1. The van der Waals surface area contributed by atoms with Gasteiger partial charge < -0.3 is 10.0 Å². The molecule has 0 aliphatic carbocycles. The highest BCUT2D eigenvalue weighted by Gasteiger charge is 2.20. The van der Waals surface area contributed by atoms with Crippen LogP contribution in [0.2, 0.25) is 0 Å². The van der Waals surface area contributed by atoms with Crippen LogP contribution in [0.1, 0.15) is 17.7 Å². The van der Waals surface area contributed by atoms with E-state index in [1.165, 1.54) is 12.8 Å². The summed E-state index contributed by atoms with van der Waals surface area (Å²) < 4.78 is 1.60. The van der Waals surface area contributed by atoms with Gasteiger partial charge in [-0.3, -0.25) is 0 Å². The number of aryl methyl sites for hydroxylation is 1. The third-order valence-corrected chi connectivity index (χ3v) is 5.54. The molecule has 1 aliphatic heterocycles. The standard InChI is InChI=1S/C14H14Br2N2OS/c1-8-12(10-6-9(15)7-11(16)13(10)19)17-14(20-8)18-4-2-3-5-18/h6-7,19H,2-5H2,1H3. The molecule has 1 aromatic carbocycles. The molecule has 2 heterocycles. The van der Waals surface area contributed by atoms with E-state index in [4.69, 9.17) is 4.98 Å². The Hall–Kier alpha value is -0.590. The van der Waals surface area contributed by atoms with Crippen LogP contribution in [-0.4, -0.2) is 23.2 Å². The summed E-state index contributed by atoms with van der Waals surface area (Å²) in [5.74, 6) is 0.245. The van der Waals surface area contributed by atoms with Crippen LogP contribution >= 0.6 is 43.2 Å². The van der Waals surface area contributed by atoms with Crippen molar-refractivity contribution in [3.8, 4) is 17.0 Å². The lowest BCUT2D eigenvalue weighted by molar-refractivity contribution is 0.473. The molecule has 106 valence electrons. The molecule has 3 rings (SSSR count). The first-order valence-electron chi connectivity index (χ1n) is 6.47. The number of halogens is 2. The minimum atomic E-state index is 0.245. The first-order chi connectivity index (χ1) is 9.56. The minimum absolute atomic E-state index is 0.245. The summed E-state index contributed by atoms with van der Waals surface area (Å²) >= 11 is 8.54. The van der Waals surface area contributed by atoms with E-state index in [1.807, 2.05) is 12.1 Å². The molecule has 0 saturated carbocycles. The fourth-order valence-electron chi connectivity index (χ4n) is 2.42. The van der Waals surface area contributed by atoms with Gasteiger partial charge in [0, 0.05) is 28.0 Å². The molecule has 1 fully saturated rings. The van der Waals surface area contributed by atoms with Crippen molar-refractivity contribution in [2.45, 2.75) is 19.8 Å². The third-order valence-electron chi connectivity index (χ3n) is 3.45.